The lowest BCUT2D eigenvalue weighted by atomic mass is 10.1. The Kier molecular flexibility index (Phi) is 4.33. The number of carbonyl (C=O) groups is 1. The zero-order valence-electron chi connectivity index (χ0n) is 12.4. The van der Waals surface area contributed by atoms with E-state index in [1.807, 2.05) is 20.8 Å². The van der Waals surface area contributed by atoms with E-state index >= 15 is 0 Å². The number of nitrogens with one attached hydrogen (secondary N) is 4. The number of anilines is 1. The highest BCUT2D eigenvalue weighted by Crippen LogP contribution is 2.23. The second-order valence-electron chi connectivity index (χ2n) is 5.83. The molecule has 0 unspecified atom stereocenters. The van der Waals surface area contributed by atoms with Crippen molar-refractivity contribution in [3.63, 3.8) is 0 Å². The molecule has 2 heterocycles. The van der Waals surface area contributed by atoms with Crippen LogP contribution in [-0.2, 0) is 17.7 Å². The molecule has 0 saturated heterocycles. The van der Waals surface area contributed by atoms with Crippen LogP contribution >= 0.6 is 12.2 Å². The van der Waals surface area contributed by atoms with Gasteiger partial charge in [-0.2, -0.15) is 5.10 Å². The fourth-order valence-corrected chi connectivity index (χ4v) is 2.21. The van der Waals surface area contributed by atoms with Gasteiger partial charge in [0.1, 0.15) is 5.60 Å². The molecule has 1 amide bonds. The van der Waals surface area contributed by atoms with Crippen LogP contribution in [0.4, 0.5) is 10.6 Å². The second kappa shape index (κ2) is 5.86. The highest BCUT2D eigenvalue weighted by atomic mass is 32.1. The van der Waals surface area contributed by atoms with Crippen molar-refractivity contribution < 1.29 is 14.6 Å². The van der Waals surface area contributed by atoms with Crippen LogP contribution in [-0.4, -0.2) is 33.4 Å². The van der Waals surface area contributed by atoms with Crippen LogP contribution in [0.1, 0.15) is 32.0 Å². The summed E-state index contributed by atoms with van der Waals surface area (Å²) in [7, 11) is 0. The van der Waals surface area contributed by atoms with Crippen molar-refractivity contribution in [2.24, 2.45) is 5.84 Å². The molecule has 6 N–H and O–H groups in total. The number of hydrogen-bond acceptors (Lipinski definition) is 4. The molecule has 9 heteroatoms. The first kappa shape index (κ1) is 15.5. The number of carbonyl (C=O) groups excluding carboxylic acids is 1. The van der Waals surface area contributed by atoms with E-state index in [1.165, 1.54) is 0 Å². The molecule has 1 aromatic rings. The van der Waals surface area contributed by atoms with Gasteiger partial charge in [0.2, 0.25) is 0 Å². The highest BCUT2D eigenvalue weighted by molar-refractivity contribution is 7.80. The minimum absolute atomic E-state index is 0.309. The number of nitrogens with zero attached hydrogens (tertiary/aromatic N) is 1. The van der Waals surface area contributed by atoms with Crippen molar-refractivity contribution in [2.75, 3.05) is 11.9 Å². The Morgan fingerprint density at radius 1 is 1.52 bits per heavy atom. The van der Waals surface area contributed by atoms with Gasteiger partial charge in [0.05, 0.1) is 17.8 Å². The van der Waals surface area contributed by atoms with Crippen molar-refractivity contribution in [2.45, 2.75) is 39.3 Å². The predicted octanol–water partition coefficient (Wildman–Crippen LogP) is 0.282. The Balaban J connectivity index is 2.05. The van der Waals surface area contributed by atoms with Crippen LogP contribution < -0.4 is 21.7 Å². The first-order valence-corrected chi connectivity index (χ1v) is 7.08. The lowest BCUT2D eigenvalue weighted by Gasteiger charge is -2.29. The number of nitrogens with two attached hydrogens (primary N) is 1. The average Bonchev–Trinajstić information content (AvgIpc) is 2.79. The van der Waals surface area contributed by atoms with E-state index in [0.29, 0.717) is 24.6 Å². The number of rotatable bonds is 1. The lowest BCUT2D eigenvalue weighted by molar-refractivity contribution is -0.434. The number of ether oxygens (including phenoxy) is 1. The normalized spacial score (nSPS) is 14.4. The zero-order chi connectivity index (χ0) is 15.6. The van der Waals surface area contributed by atoms with Crippen LogP contribution in [0.5, 0.6) is 0 Å². The van der Waals surface area contributed by atoms with E-state index in [2.05, 4.69) is 20.9 Å². The molecule has 0 radical (unpaired) electrons. The Morgan fingerprint density at radius 3 is 2.86 bits per heavy atom. The molecule has 0 aromatic carbocycles. The molecule has 0 bridgehead atoms. The van der Waals surface area contributed by atoms with Crippen LogP contribution in [0.2, 0.25) is 0 Å². The number of amides is 1. The van der Waals surface area contributed by atoms with E-state index in [9.17, 15) is 4.79 Å². The number of aromatic amines is 2. The van der Waals surface area contributed by atoms with E-state index < -0.39 is 5.60 Å². The summed E-state index contributed by atoms with van der Waals surface area (Å²) in [6, 6.07) is 0. The van der Waals surface area contributed by atoms with Crippen LogP contribution in [0.25, 0.3) is 0 Å². The maximum atomic E-state index is 12.1. The van der Waals surface area contributed by atoms with E-state index in [4.69, 9.17) is 22.8 Å². The van der Waals surface area contributed by atoms with Crippen molar-refractivity contribution >= 4 is 29.2 Å². The smallest absolute Gasteiger partial charge is 0.410 e. The third-order valence-corrected chi connectivity index (χ3v) is 3.23. The standard InChI is InChI=1S/C12H20N6O2S/c1-12(2,3)20-11(19)18-5-4-7-8(6-18)16-17-9(7)14-10(21)15-13/h4-6,13H2,1-3H3,(H3,14,15,16,17,21)/p+1. The van der Waals surface area contributed by atoms with E-state index in [-0.39, 0.29) is 6.09 Å². The largest absolute Gasteiger partial charge is 0.444 e. The zero-order valence-corrected chi connectivity index (χ0v) is 13.2. The molecular formula is C12H21N6O2S+. The fraction of sp³-hybridized carbons (Fsp3) is 0.583. The van der Waals surface area contributed by atoms with Gasteiger partial charge in [-0.25, -0.2) is 21.1 Å². The summed E-state index contributed by atoms with van der Waals surface area (Å²) in [6.07, 6.45) is 0.390. The molecule has 0 fully saturated rings. The Morgan fingerprint density at radius 2 is 2.24 bits per heavy atom. The summed E-state index contributed by atoms with van der Waals surface area (Å²) in [4.78, 5) is 13.7. The first-order valence-electron chi connectivity index (χ1n) is 6.67. The first-order chi connectivity index (χ1) is 9.80. The molecule has 2 rings (SSSR count). The van der Waals surface area contributed by atoms with E-state index in [1.54, 1.807) is 4.90 Å². The molecule has 0 spiro atoms. The molecule has 0 aliphatic carbocycles. The molecule has 1 aromatic heterocycles. The molecule has 0 saturated carbocycles. The van der Waals surface area contributed by atoms with Gasteiger partial charge in [-0.15, -0.1) is 0 Å². The maximum Gasteiger partial charge on any atom is 0.410 e. The van der Waals surface area contributed by atoms with Crippen molar-refractivity contribution in [3.8, 4) is 0 Å². The molecule has 1 aliphatic rings. The molecule has 1 aliphatic heterocycles. The van der Waals surface area contributed by atoms with Gasteiger partial charge in [-0.3, -0.25) is 5.43 Å². The van der Waals surface area contributed by atoms with Crippen molar-refractivity contribution in [1.29, 1.82) is 0 Å². The summed E-state index contributed by atoms with van der Waals surface area (Å²) >= 11 is 4.97. The minimum Gasteiger partial charge on any atom is -0.444 e. The Bertz CT molecular complexity index is 550. The third kappa shape index (κ3) is 3.82. The van der Waals surface area contributed by atoms with Crippen LogP contribution in [0.15, 0.2) is 0 Å². The van der Waals surface area contributed by atoms with Gasteiger partial charge < -0.3 is 9.64 Å². The van der Waals surface area contributed by atoms with Gasteiger partial charge in [-0.05, 0) is 33.0 Å². The van der Waals surface area contributed by atoms with Crippen LogP contribution in [0, 0.1) is 0 Å². The number of aromatic nitrogens is 2. The SMILES string of the molecule is CC(C)(C)OC(=O)N1CCc2c([nH][nH+]c2NC(=S)NN)C1. The number of fused-ring (bicyclic) bond motifs is 1. The quantitative estimate of drug-likeness (QED) is 0.337. The van der Waals surface area contributed by atoms with Crippen molar-refractivity contribution in [3.05, 3.63) is 11.3 Å². The number of H-pyrrole nitrogens is 2. The molecule has 8 nitrogen and oxygen atoms in total. The Labute approximate surface area is 128 Å². The second-order valence-corrected chi connectivity index (χ2v) is 6.24. The topological polar surface area (TPSA) is 110 Å². The number of thiocarbonyl (C=S) groups is 1. The molecule has 0 atom stereocenters. The third-order valence-electron chi connectivity index (χ3n) is 3.01. The van der Waals surface area contributed by atoms with Gasteiger partial charge in [0.25, 0.3) is 5.11 Å². The summed E-state index contributed by atoms with van der Waals surface area (Å²) < 4.78 is 5.38. The summed E-state index contributed by atoms with van der Waals surface area (Å²) in [5.74, 6) is 6.00. The minimum atomic E-state index is -0.495. The predicted molar refractivity (Wildman–Crippen MR) is 81.2 cm³/mol. The average molecular weight is 313 g/mol. The summed E-state index contributed by atoms with van der Waals surface area (Å²) in [6.45, 7) is 6.61. The van der Waals surface area contributed by atoms with Gasteiger partial charge in [0, 0.05) is 13.0 Å². The number of hydrazine groups is 1. The van der Waals surface area contributed by atoms with Gasteiger partial charge in [0.15, 0.2) is 0 Å². The number of hydrogen-bond donors (Lipinski definition) is 4. The van der Waals surface area contributed by atoms with E-state index in [0.717, 1.165) is 17.1 Å². The maximum absolute atomic E-state index is 12.1. The highest BCUT2D eigenvalue weighted by Gasteiger charge is 2.30. The molecular weight excluding hydrogens is 292 g/mol. The molecule has 116 valence electrons. The van der Waals surface area contributed by atoms with Gasteiger partial charge in [-0.1, -0.05) is 0 Å². The summed E-state index contributed by atoms with van der Waals surface area (Å²) in [5.41, 5.74) is 3.86. The molecule has 21 heavy (non-hydrogen) atoms. The van der Waals surface area contributed by atoms with Crippen molar-refractivity contribution in [1.82, 2.24) is 15.4 Å². The monoisotopic (exact) mass is 313 g/mol. The van der Waals surface area contributed by atoms with Crippen LogP contribution in [0.3, 0.4) is 0 Å². The van der Waals surface area contributed by atoms with Gasteiger partial charge >= 0.3 is 11.9 Å². The summed E-state index contributed by atoms with van der Waals surface area (Å²) in [5, 5.41) is 9.31. The fourth-order valence-electron chi connectivity index (χ4n) is 2.11. The Hall–Kier alpha value is -1.87. The lowest BCUT2D eigenvalue weighted by Crippen LogP contribution is -2.40.